The maximum atomic E-state index is 14.3. The molecule has 5 nitrogen and oxygen atoms in total. The molecule has 1 aliphatic rings. The number of hydrogen-bond acceptors (Lipinski definition) is 3. The number of carbonyl (C=O) groups is 1. The van der Waals surface area contributed by atoms with E-state index < -0.39 is 23.2 Å². The van der Waals surface area contributed by atoms with Crippen molar-refractivity contribution in [3.05, 3.63) is 46.9 Å². The van der Waals surface area contributed by atoms with Gasteiger partial charge in [0.15, 0.2) is 0 Å². The molecule has 0 saturated heterocycles. The monoisotopic (exact) mass is 310 g/mol. The summed E-state index contributed by atoms with van der Waals surface area (Å²) in [7, 11) is 1.63. The standard InChI is InChI=1S/C14H13F3N4O/c1-20-12(18)8-6-21(7-11(8)19-20)13(22)14(16,17)9-4-2-3-5-10(9)15/h2-5H,6-7,18H2,1H3. The lowest BCUT2D eigenvalue weighted by molar-refractivity contribution is -0.160. The molecule has 3 rings (SSSR count). The summed E-state index contributed by atoms with van der Waals surface area (Å²) in [5.74, 6) is -6.18. The Balaban J connectivity index is 1.88. The lowest BCUT2D eigenvalue weighted by atomic mass is 10.1. The summed E-state index contributed by atoms with van der Waals surface area (Å²) in [4.78, 5) is 13.0. The summed E-state index contributed by atoms with van der Waals surface area (Å²) >= 11 is 0. The highest BCUT2D eigenvalue weighted by Gasteiger charge is 2.47. The van der Waals surface area contributed by atoms with Crippen LogP contribution in [0.3, 0.4) is 0 Å². The Labute approximate surface area is 124 Å². The largest absolute Gasteiger partial charge is 0.384 e. The Morgan fingerprint density at radius 3 is 2.64 bits per heavy atom. The molecule has 1 amide bonds. The minimum Gasteiger partial charge on any atom is -0.384 e. The van der Waals surface area contributed by atoms with Gasteiger partial charge in [0.1, 0.15) is 11.6 Å². The molecule has 1 aromatic heterocycles. The van der Waals surface area contributed by atoms with E-state index in [4.69, 9.17) is 5.73 Å². The third kappa shape index (κ3) is 2.02. The number of anilines is 1. The number of nitrogen functional groups attached to an aromatic ring is 1. The van der Waals surface area contributed by atoms with E-state index in [0.717, 1.165) is 17.0 Å². The molecule has 0 bridgehead atoms. The summed E-state index contributed by atoms with van der Waals surface area (Å²) in [5.41, 5.74) is 5.88. The van der Waals surface area contributed by atoms with Crippen LogP contribution in [0.25, 0.3) is 0 Å². The molecule has 2 N–H and O–H groups in total. The van der Waals surface area contributed by atoms with E-state index in [2.05, 4.69) is 5.10 Å². The fourth-order valence-electron chi connectivity index (χ4n) is 2.54. The first-order chi connectivity index (χ1) is 10.3. The molecular weight excluding hydrogens is 297 g/mol. The first-order valence-electron chi connectivity index (χ1n) is 6.54. The highest BCUT2D eigenvalue weighted by atomic mass is 19.3. The van der Waals surface area contributed by atoms with E-state index in [9.17, 15) is 18.0 Å². The minimum atomic E-state index is -3.94. The van der Waals surface area contributed by atoms with E-state index in [0.29, 0.717) is 17.1 Å². The van der Waals surface area contributed by atoms with Gasteiger partial charge in [0.05, 0.1) is 24.3 Å². The lowest BCUT2D eigenvalue weighted by Gasteiger charge is -2.23. The third-order valence-corrected chi connectivity index (χ3v) is 3.73. The maximum absolute atomic E-state index is 14.3. The first-order valence-corrected chi connectivity index (χ1v) is 6.54. The lowest BCUT2D eigenvalue weighted by Crippen LogP contribution is -2.39. The molecule has 2 heterocycles. The highest BCUT2D eigenvalue weighted by Crippen LogP contribution is 2.36. The predicted octanol–water partition coefficient (Wildman–Crippen LogP) is 1.78. The molecular formula is C14H13F3N4O. The van der Waals surface area contributed by atoms with Crippen LogP contribution in [0.2, 0.25) is 0 Å². The fourth-order valence-corrected chi connectivity index (χ4v) is 2.54. The van der Waals surface area contributed by atoms with Gasteiger partial charge in [-0.1, -0.05) is 12.1 Å². The topological polar surface area (TPSA) is 64.2 Å². The van der Waals surface area contributed by atoms with Crippen LogP contribution in [-0.4, -0.2) is 20.6 Å². The van der Waals surface area contributed by atoms with Gasteiger partial charge in [-0.15, -0.1) is 0 Å². The zero-order valence-electron chi connectivity index (χ0n) is 11.7. The van der Waals surface area contributed by atoms with Gasteiger partial charge in [-0.25, -0.2) is 4.39 Å². The molecule has 116 valence electrons. The number of benzene rings is 1. The van der Waals surface area contributed by atoms with Gasteiger partial charge >= 0.3 is 5.92 Å². The molecule has 1 aliphatic heterocycles. The number of fused-ring (bicyclic) bond motifs is 1. The van der Waals surface area contributed by atoms with Gasteiger partial charge in [-0.3, -0.25) is 9.48 Å². The van der Waals surface area contributed by atoms with Crippen LogP contribution in [0, 0.1) is 5.82 Å². The Morgan fingerprint density at radius 2 is 2.00 bits per heavy atom. The van der Waals surface area contributed by atoms with E-state index in [1.54, 1.807) is 7.05 Å². The molecule has 22 heavy (non-hydrogen) atoms. The molecule has 2 aromatic rings. The van der Waals surface area contributed by atoms with Gasteiger partial charge < -0.3 is 10.6 Å². The van der Waals surface area contributed by atoms with Gasteiger partial charge in [-0.2, -0.15) is 13.9 Å². The van der Waals surface area contributed by atoms with E-state index in [1.165, 1.54) is 16.8 Å². The van der Waals surface area contributed by atoms with Crippen molar-refractivity contribution in [3.8, 4) is 0 Å². The maximum Gasteiger partial charge on any atom is 0.352 e. The van der Waals surface area contributed by atoms with Gasteiger partial charge in [-0.05, 0) is 12.1 Å². The zero-order valence-corrected chi connectivity index (χ0v) is 11.7. The number of aryl methyl sites for hydroxylation is 1. The van der Waals surface area contributed by atoms with Crippen molar-refractivity contribution in [2.24, 2.45) is 7.05 Å². The van der Waals surface area contributed by atoms with Crippen molar-refractivity contribution in [1.29, 1.82) is 0 Å². The van der Waals surface area contributed by atoms with Gasteiger partial charge in [0.25, 0.3) is 5.91 Å². The van der Waals surface area contributed by atoms with Gasteiger partial charge in [0.2, 0.25) is 0 Å². The van der Waals surface area contributed by atoms with Crippen molar-refractivity contribution in [2.45, 2.75) is 19.0 Å². The number of nitrogens with zero attached hydrogens (tertiary/aromatic N) is 3. The molecule has 0 saturated carbocycles. The summed E-state index contributed by atoms with van der Waals surface area (Å²) in [6, 6.07) is 4.35. The zero-order chi connectivity index (χ0) is 16.1. The van der Waals surface area contributed by atoms with Crippen molar-refractivity contribution in [2.75, 3.05) is 5.73 Å². The number of rotatable bonds is 2. The molecule has 8 heteroatoms. The van der Waals surface area contributed by atoms with Crippen molar-refractivity contribution in [3.63, 3.8) is 0 Å². The highest BCUT2D eigenvalue weighted by molar-refractivity contribution is 5.85. The van der Waals surface area contributed by atoms with Gasteiger partial charge in [0, 0.05) is 12.6 Å². The summed E-state index contributed by atoms with van der Waals surface area (Å²) < 4.78 is 43.6. The second kappa shape index (κ2) is 4.75. The van der Waals surface area contributed by atoms with Crippen molar-refractivity contribution in [1.82, 2.24) is 14.7 Å². The Morgan fingerprint density at radius 1 is 1.32 bits per heavy atom. The van der Waals surface area contributed by atoms with Crippen LogP contribution in [0.4, 0.5) is 19.0 Å². The SMILES string of the molecule is Cn1nc2c(c1N)CN(C(=O)C(F)(F)c1ccccc1F)C2. The van der Waals surface area contributed by atoms with Crippen LogP contribution in [0.15, 0.2) is 24.3 Å². The first kappa shape index (κ1) is 14.4. The second-order valence-corrected chi connectivity index (χ2v) is 5.15. The second-order valence-electron chi connectivity index (χ2n) is 5.15. The Hall–Kier alpha value is -2.51. The predicted molar refractivity (Wildman–Crippen MR) is 72.2 cm³/mol. The number of aromatic nitrogens is 2. The Bertz CT molecular complexity index is 757. The molecule has 0 spiro atoms. The molecule has 0 fully saturated rings. The number of carbonyl (C=O) groups excluding carboxylic acids is 1. The quantitative estimate of drug-likeness (QED) is 0.919. The van der Waals surface area contributed by atoms with Crippen molar-refractivity contribution >= 4 is 11.7 Å². The number of halogens is 3. The molecule has 0 aliphatic carbocycles. The summed E-state index contributed by atoms with van der Waals surface area (Å²) in [6.45, 7) is -0.124. The van der Waals surface area contributed by atoms with Crippen molar-refractivity contribution < 1.29 is 18.0 Å². The number of alkyl halides is 2. The van der Waals surface area contributed by atoms with E-state index in [1.807, 2.05) is 0 Å². The number of nitrogens with two attached hydrogens (primary N) is 1. The van der Waals surface area contributed by atoms with Crippen LogP contribution in [0.5, 0.6) is 0 Å². The number of hydrogen-bond donors (Lipinski definition) is 1. The Kier molecular flexibility index (Phi) is 3.12. The third-order valence-electron chi connectivity index (χ3n) is 3.73. The molecule has 1 aromatic carbocycles. The fraction of sp³-hybridized carbons (Fsp3) is 0.286. The molecule has 0 unspecified atom stereocenters. The van der Waals surface area contributed by atoms with Crippen LogP contribution in [0.1, 0.15) is 16.8 Å². The summed E-state index contributed by atoms with van der Waals surface area (Å²) in [6.07, 6.45) is 0. The molecule has 0 radical (unpaired) electrons. The van der Waals surface area contributed by atoms with Crippen LogP contribution in [-0.2, 0) is 30.9 Å². The average Bonchev–Trinajstić information content (AvgIpc) is 2.99. The van der Waals surface area contributed by atoms with E-state index in [-0.39, 0.29) is 13.1 Å². The van der Waals surface area contributed by atoms with Crippen LogP contribution < -0.4 is 5.73 Å². The normalized spacial score (nSPS) is 14.3. The number of amides is 1. The van der Waals surface area contributed by atoms with Crippen LogP contribution >= 0.6 is 0 Å². The summed E-state index contributed by atoms with van der Waals surface area (Å²) in [5, 5.41) is 4.07. The average molecular weight is 310 g/mol. The molecule has 0 atom stereocenters. The minimum absolute atomic E-state index is 0.0577. The smallest absolute Gasteiger partial charge is 0.352 e. The van der Waals surface area contributed by atoms with E-state index >= 15 is 0 Å².